The van der Waals surface area contributed by atoms with Gasteiger partial charge in [-0.15, -0.1) is 0 Å². The molecule has 2 unspecified atom stereocenters. The highest BCUT2D eigenvalue weighted by Crippen LogP contribution is 2.14. The molecule has 100 valence electrons. The topological polar surface area (TPSA) is 80.3 Å². The van der Waals surface area contributed by atoms with Gasteiger partial charge in [0.2, 0.25) is 5.91 Å². The number of likely N-dealkylation sites (N-methyl/N-ethyl adjacent to an activating group) is 1. The molecular formula is C11H20N6O. The number of hydrogen-bond acceptors (Lipinski definition) is 5. The summed E-state index contributed by atoms with van der Waals surface area (Å²) in [5, 5.41) is 4.01. The van der Waals surface area contributed by atoms with Crippen LogP contribution in [0.5, 0.6) is 0 Å². The number of rotatable bonds is 3. The van der Waals surface area contributed by atoms with E-state index < -0.39 is 0 Å². The first-order valence-electron chi connectivity index (χ1n) is 6.16. The molecule has 0 radical (unpaired) electrons. The van der Waals surface area contributed by atoms with Gasteiger partial charge < -0.3 is 15.5 Å². The van der Waals surface area contributed by atoms with E-state index in [9.17, 15) is 4.79 Å². The molecule has 0 bridgehead atoms. The molecule has 1 aromatic heterocycles. The predicted octanol–water partition coefficient (Wildman–Crippen LogP) is -1.06. The molecule has 1 fully saturated rings. The van der Waals surface area contributed by atoms with E-state index in [-0.39, 0.29) is 18.0 Å². The average molecular weight is 252 g/mol. The third kappa shape index (κ3) is 2.51. The lowest BCUT2D eigenvalue weighted by atomic mass is 10.1. The molecule has 1 saturated heterocycles. The Hall–Kier alpha value is -1.47. The summed E-state index contributed by atoms with van der Waals surface area (Å²) in [7, 11) is 2.05. The van der Waals surface area contributed by atoms with Crippen molar-refractivity contribution in [3.8, 4) is 0 Å². The molecule has 7 nitrogen and oxygen atoms in total. The maximum Gasteiger partial charge on any atom is 0.247 e. The van der Waals surface area contributed by atoms with Crippen LogP contribution in [0.1, 0.15) is 13.0 Å². The van der Waals surface area contributed by atoms with Gasteiger partial charge in [0.05, 0.1) is 6.04 Å². The minimum Gasteiger partial charge on any atom is -0.334 e. The Kier molecular flexibility index (Phi) is 3.93. The smallest absolute Gasteiger partial charge is 0.247 e. The molecule has 0 saturated carbocycles. The Morgan fingerprint density at radius 3 is 2.94 bits per heavy atom. The van der Waals surface area contributed by atoms with Gasteiger partial charge in [0.1, 0.15) is 18.7 Å². The monoisotopic (exact) mass is 252 g/mol. The van der Waals surface area contributed by atoms with Gasteiger partial charge in [-0.3, -0.25) is 4.79 Å². The van der Waals surface area contributed by atoms with Crippen molar-refractivity contribution in [2.24, 2.45) is 5.73 Å². The molecule has 2 atom stereocenters. The number of nitrogens with two attached hydrogens (primary N) is 1. The van der Waals surface area contributed by atoms with E-state index >= 15 is 0 Å². The van der Waals surface area contributed by atoms with Crippen LogP contribution in [0.25, 0.3) is 0 Å². The van der Waals surface area contributed by atoms with Crippen LogP contribution in [0, 0.1) is 0 Å². The first-order chi connectivity index (χ1) is 8.63. The minimum atomic E-state index is -0.329. The number of hydrogen-bond donors (Lipinski definition) is 1. The lowest BCUT2D eigenvalue weighted by Crippen LogP contribution is -2.57. The number of piperazine rings is 1. The largest absolute Gasteiger partial charge is 0.334 e. The van der Waals surface area contributed by atoms with Crippen molar-refractivity contribution in [3.05, 3.63) is 12.7 Å². The molecule has 7 heteroatoms. The fourth-order valence-electron chi connectivity index (χ4n) is 2.27. The van der Waals surface area contributed by atoms with Gasteiger partial charge in [0, 0.05) is 26.2 Å². The number of carbonyl (C=O) groups excluding carboxylic acids is 1. The van der Waals surface area contributed by atoms with E-state index in [1.165, 1.54) is 6.33 Å². The van der Waals surface area contributed by atoms with Crippen LogP contribution in [0.2, 0.25) is 0 Å². The Labute approximate surface area is 107 Å². The van der Waals surface area contributed by atoms with Crippen molar-refractivity contribution in [2.45, 2.75) is 19.0 Å². The fraction of sp³-hybridized carbons (Fsp3) is 0.727. The Bertz CT molecular complexity index is 392. The van der Waals surface area contributed by atoms with E-state index in [4.69, 9.17) is 5.73 Å². The number of carbonyl (C=O) groups is 1. The van der Waals surface area contributed by atoms with Gasteiger partial charge in [0.25, 0.3) is 0 Å². The summed E-state index contributed by atoms with van der Waals surface area (Å²) in [5.41, 5.74) is 5.76. The second-order valence-electron chi connectivity index (χ2n) is 4.73. The van der Waals surface area contributed by atoms with Crippen molar-refractivity contribution in [1.82, 2.24) is 24.6 Å². The fourth-order valence-corrected chi connectivity index (χ4v) is 2.27. The van der Waals surface area contributed by atoms with Crippen molar-refractivity contribution in [3.63, 3.8) is 0 Å². The maximum absolute atomic E-state index is 12.4. The second-order valence-corrected chi connectivity index (χ2v) is 4.73. The van der Waals surface area contributed by atoms with Crippen LogP contribution in [-0.2, 0) is 4.79 Å². The molecular weight excluding hydrogens is 232 g/mol. The molecule has 1 aliphatic rings. The van der Waals surface area contributed by atoms with E-state index in [1.54, 1.807) is 11.0 Å². The van der Waals surface area contributed by atoms with Crippen LogP contribution in [0.3, 0.4) is 0 Å². The third-order valence-electron chi connectivity index (χ3n) is 3.43. The summed E-state index contributed by atoms with van der Waals surface area (Å²) in [6.07, 6.45) is 3.00. The lowest BCUT2D eigenvalue weighted by Gasteiger charge is -2.40. The molecule has 2 heterocycles. The molecule has 0 aromatic carbocycles. The van der Waals surface area contributed by atoms with Crippen LogP contribution < -0.4 is 5.73 Å². The van der Waals surface area contributed by atoms with Gasteiger partial charge in [0.15, 0.2) is 0 Å². The summed E-state index contributed by atoms with van der Waals surface area (Å²) < 4.78 is 1.58. The Morgan fingerprint density at radius 2 is 2.33 bits per heavy atom. The zero-order chi connectivity index (χ0) is 13.1. The molecule has 2 rings (SSSR count). The lowest BCUT2D eigenvalue weighted by molar-refractivity contribution is -0.139. The first-order valence-corrected chi connectivity index (χ1v) is 6.16. The van der Waals surface area contributed by atoms with Gasteiger partial charge >= 0.3 is 0 Å². The van der Waals surface area contributed by atoms with Crippen molar-refractivity contribution in [2.75, 3.05) is 33.2 Å². The summed E-state index contributed by atoms with van der Waals surface area (Å²) >= 11 is 0. The van der Waals surface area contributed by atoms with Gasteiger partial charge in [-0.2, -0.15) is 5.10 Å². The zero-order valence-electron chi connectivity index (χ0n) is 10.9. The van der Waals surface area contributed by atoms with Crippen LogP contribution >= 0.6 is 0 Å². The minimum absolute atomic E-state index is 0.0593. The molecule has 1 aliphatic heterocycles. The summed E-state index contributed by atoms with van der Waals surface area (Å²) in [6, 6.07) is -0.243. The highest BCUT2D eigenvalue weighted by molar-refractivity contribution is 5.80. The van der Waals surface area contributed by atoms with Crippen LogP contribution in [0.4, 0.5) is 0 Å². The molecule has 1 aromatic rings. The zero-order valence-corrected chi connectivity index (χ0v) is 10.9. The molecule has 2 N–H and O–H groups in total. The predicted molar refractivity (Wildman–Crippen MR) is 66.8 cm³/mol. The first kappa shape index (κ1) is 13.0. The van der Waals surface area contributed by atoms with Crippen molar-refractivity contribution in [1.29, 1.82) is 0 Å². The summed E-state index contributed by atoms with van der Waals surface area (Å²) in [4.78, 5) is 20.4. The Balaban J connectivity index is 2.08. The SMILES string of the molecule is CC(C(=O)N1CCN(C)CC1CN)n1cncn1. The number of aromatic nitrogens is 3. The molecule has 1 amide bonds. The molecule has 18 heavy (non-hydrogen) atoms. The molecule has 0 aliphatic carbocycles. The van der Waals surface area contributed by atoms with E-state index in [1.807, 2.05) is 18.9 Å². The standard InChI is InChI=1S/C11H20N6O/c1-9(17-8-13-7-14-17)11(18)16-4-3-15(2)6-10(16)5-12/h7-10H,3-6,12H2,1-2H3. The second kappa shape index (κ2) is 5.45. The van der Waals surface area contributed by atoms with Gasteiger partial charge in [-0.05, 0) is 14.0 Å². The van der Waals surface area contributed by atoms with Crippen LogP contribution in [0.15, 0.2) is 12.7 Å². The summed E-state index contributed by atoms with van der Waals surface area (Å²) in [6.45, 7) is 4.75. The van der Waals surface area contributed by atoms with Crippen molar-refractivity contribution < 1.29 is 4.79 Å². The summed E-state index contributed by atoms with van der Waals surface area (Å²) in [5.74, 6) is 0.0593. The molecule has 0 spiro atoms. The Morgan fingerprint density at radius 1 is 1.56 bits per heavy atom. The van der Waals surface area contributed by atoms with Gasteiger partial charge in [-0.25, -0.2) is 9.67 Å². The normalized spacial score (nSPS) is 23.1. The quantitative estimate of drug-likeness (QED) is 0.741. The number of nitrogens with zero attached hydrogens (tertiary/aromatic N) is 5. The highest BCUT2D eigenvalue weighted by atomic mass is 16.2. The highest BCUT2D eigenvalue weighted by Gasteiger charge is 2.31. The van der Waals surface area contributed by atoms with E-state index in [0.717, 1.165) is 19.6 Å². The van der Waals surface area contributed by atoms with Gasteiger partial charge in [-0.1, -0.05) is 0 Å². The third-order valence-corrected chi connectivity index (χ3v) is 3.43. The van der Waals surface area contributed by atoms with E-state index in [2.05, 4.69) is 15.0 Å². The van der Waals surface area contributed by atoms with Crippen molar-refractivity contribution >= 4 is 5.91 Å². The van der Waals surface area contributed by atoms with E-state index in [0.29, 0.717) is 6.54 Å². The average Bonchev–Trinajstić information content (AvgIpc) is 2.90. The maximum atomic E-state index is 12.4. The number of amides is 1. The van der Waals surface area contributed by atoms with Crippen LogP contribution in [-0.4, -0.2) is 69.7 Å².